The maximum Gasteiger partial charge on any atom is 0.238 e. The highest BCUT2D eigenvalue weighted by Crippen LogP contribution is 2.33. The van der Waals surface area contributed by atoms with Crippen molar-refractivity contribution in [2.24, 2.45) is 5.14 Å². The summed E-state index contributed by atoms with van der Waals surface area (Å²) in [4.78, 5) is 0.115. The van der Waals surface area contributed by atoms with Gasteiger partial charge in [-0.3, -0.25) is 0 Å². The van der Waals surface area contributed by atoms with Crippen LogP contribution in [0.5, 0.6) is 11.5 Å². The van der Waals surface area contributed by atoms with Crippen LogP contribution in [-0.4, -0.2) is 28.2 Å². The van der Waals surface area contributed by atoms with Crippen LogP contribution in [0, 0.1) is 0 Å². The number of benzene rings is 2. The largest absolute Gasteiger partial charge is 0.490 e. The monoisotopic (exact) mass is 412 g/mol. The Hall–Kier alpha value is -1.80. The van der Waals surface area contributed by atoms with Crippen LogP contribution in [0.15, 0.2) is 41.3 Å². The second kappa shape index (κ2) is 9.94. The molecule has 148 valence electrons. The summed E-state index contributed by atoms with van der Waals surface area (Å²) >= 11 is 6.35. The van der Waals surface area contributed by atoms with Crippen LogP contribution < -0.4 is 19.9 Å². The van der Waals surface area contributed by atoms with Gasteiger partial charge < -0.3 is 14.8 Å². The molecule has 0 aliphatic heterocycles. The number of hydrogen-bond acceptors (Lipinski definition) is 5. The van der Waals surface area contributed by atoms with E-state index >= 15 is 0 Å². The lowest BCUT2D eigenvalue weighted by Crippen LogP contribution is -2.17. The Morgan fingerprint density at radius 3 is 2.19 bits per heavy atom. The molecule has 0 amide bonds. The third-order valence-corrected chi connectivity index (χ3v) is 5.15. The normalized spacial score (nSPS) is 11.4. The van der Waals surface area contributed by atoms with Crippen LogP contribution >= 0.6 is 11.6 Å². The number of nitrogens with two attached hydrogens (primary N) is 1. The van der Waals surface area contributed by atoms with Crippen LogP contribution in [0.25, 0.3) is 0 Å². The lowest BCUT2D eigenvalue weighted by molar-refractivity contribution is 0.287. The van der Waals surface area contributed by atoms with Crippen molar-refractivity contribution in [3.05, 3.63) is 52.5 Å². The Bertz CT molecular complexity index is 855. The van der Waals surface area contributed by atoms with Crippen LogP contribution in [0.4, 0.5) is 0 Å². The lowest BCUT2D eigenvalue weighted by Gasteiger charge is -2.14. The maximum absolute atomic E-state index is 11.3. The molecule has 6 nitrogen and oxygen atoms in total. The topological polar surface area (TPSA) is 90.6 Å². The van der Waals surface area contributed by atoms with Gasteiger partial charge in [0, 0.05) is 17.6 Å². The van der Waals surface area contributed by atoms with Crippen molar-refractivity contribution in [3.8, 4) is 11.5 Å². The quantitative estimate of drug-likeness (QED) is 0.585. The van der Waals surface area contributed by atoms with Crippen molar-refractivity contribution in [3.63, 3.8) is 0 Å². The molecule has 0 saturated carbocycles. The maximum atomic E-state index is 11.3. The first-order valence-corrected chi connectivity index (χ1v) is 10.7. The van der Waals surface area contributed by atoms with Gasteiger partial charge in [0.05, 0.1) is 18.1 Å². The van der Waals surface area contributed by atoms with Gasteiger partial charge in [-0.2, -0.15) is 0 Å². The van der Waals surface area contributed by atoms with E-state index in [0.29, 0.717) is 42.8 Å². The molecule has 8 heteroatoms. The zero-order valence-corrected chi connectivity index (χ0v) is 17.1. The lowest BCUT2D eigenvalue weighted by atomic mass is 10.1. The molecule has 0 heterocycles. The molecule has 27 heavy (non-hydrogen) atoms. The van der Waals surface area contributed by atoms with E-state index in [1.807, 2.05) is 19.9 Å². The first-order valence-electron chi connectivity index (χ1n) is 8.75. The number of primary sulfonamides is 1. The smallest absolute Gasteiger partial charge is 0.238 e. The minimum Gasteiger partial charge on any atom is -0.490 e. The van der Waals surface area contributed by atoms with E-state index in [9.17, 15) is 8.42 Å². The van der Waals surface area contributed by atoms with E-state index in [2.05, 4.69) is 5.32 Å². The predicted molar refractivity (Wildman–Crippen MR) is 107 cm³/mol. The van der Waals surface area contributed by atoms with Gasteiger partial charge in [0.15, 0.2) is 11.5 Å². The molecule has 0 radical (unpaired) electrons. The second-order valence-electron chi connectivity index (χ2n) is 5.87. The molecule has 0 fully saturated rings. The van der Waals surface area contributed by atoms with Crippen molar-refractivity contribution in [1.82, 2.24) is 5.32 Å². The van der Waals surface area contributed by atoms with Gasteiger partial charge in [-0.1, -0.05) is 23.7 Å². The molecular formula is C19H25ClN2O4S. The Kier molecular flexibility index (Phi) is 7.91. The van der Waals surface area contributed by atoms with Crippen LogP contribution in [0.2, 0.25) is 5.02 Å². The molecule has 0 aromatic heterocycles. The van der Waals surface area contributed by atoms with Crippen molar-refractivity contribution in [1.29, 1.82) is 0 Å². The SMILES string of the molecule is CCOc1cc(Cl)c(CNCCc2ccc(S(N)(=O)=O)cc2)cc1OCC. The fraction of sp³-hybridized carbons (Fsp3) is 0.368. The predicted octanol–water partition coefficient (Wildman–Crippen LogP) is 3.12. The van der Waals surface area contributed by atoms with Gasteiger partial charge in [-0.15, -0.1) is 0 Å². The summed E-state index contributed by atoms with van der Waals surface area (Å²) < 4.78 is 33.7. The van der Waals surface area contributed by atoms with Crippen LogP contribution in [-0.2, 0) is 23.0 Å². The van der Waals surface area contributed by atoms with E-state index in [-0.39, 0.29) is 4.90 Å². The van der Waals surface area contributed by atoms with Gasteiger partial charge in [0.1, 0.15) is 0 Å². The van der Waals surface area contributed by atoms with Gasteiger partial charge >= 0.3 is 0 Å². The first kappa shape index (κ1) is 21.5. The van der Waals surface area contributed by atoms with Gasteiger partial charge in [-0.05, 0) is 56.1 Å². The van der Waals surface area contributed by atoms with E-state index in [0.717, 1.165) is 17.5 Å². The second-order valence-corrected chi connectivity index (χ2v) is 7.84. The number of sulfonamides is 1. The Labute approximate surface area is 165 Å². The molecule has 2 aromatic carbocycles. The Morgan fingerprint density at radius 1 is 1.04 bits per heavy atom. The molecule has 0 aliphatic carbocycles. The van der Waals surface area contributed by atoms with E-state index in [4.69, 9.17) is 26.2 Å². The fourth-order valence-electron chi connectivity index (χ4n) is 2.55. The van der Waals surface area contributed by atoms with Gasteiger partial charge in [0.2, 0.25) is 10.0 Å². The van der Waals surface area contributed by atoms with Crippen molar-refractivity contribution < 1.29 is 17.9 Å². The van der Waals surface area contributed by atoms with E-state index < -0.39 is 10.0 Å². The summed E-state index contributed by atoms with van der Waals surface area (Å²) in [7, 11) is -3.65. The minimum absolute atomic E-state index is 0.115. The standard InChI is InChI=1S/C19H25ClN2O4S/c1-3-25-18-11-15(17(20)12-19(18)26-4-2)13-22-10-9-14-5-7-16(8-6-14)27(21,23)24/h5-8,11-12,22H,3-4,9-10,13H2,1-2H3,(H2,21,23,24). The molecule has 0 spiro atoms. The third kappa shape index (κ3) is 6.39. The fourth-order valence-corrected chi connectivity index (χ4v) is 3.29. The summed E-state index contributed by atoms with van der Waals surface area (Å²) in [6, 6.07) is 10.2. The number of ether oxygens (including phenoxy) is 2. The molecule has 2 rings (SSSR count). The molecule has 2 aromatic rings. The zero-order valence-electron chi connectivity index (χ0n) is 15.5. The summed E-state index contributed by atoms with van der Waals surface area (Å²) in [6.07, 6.45) is 0.748. The molecule has 3 N–H and O–H groups in total. The van der Waals surface area contributed by atoms with Crippen LogP contribution in [0.3, 0.4) is 0 Å². The average Bonchev–Trinajstić information content (AvgIpc) is 2.62. The molecular weight excluding hydrogens is 388 g/mol. The number of halogens is 1. The Morgan fingerprint density at radius 2 is 1.63 bits per heavy atom. The molecule has 0 bridgehead atoms. The number of nitrogens with one attached hydrogen (secondary N) is 1. The molecule has 0 unspecified atom stereocenters. The van der Waals surface area contributed by atoms with Crippen LogP contribution in [0.1, 0.15) is 25.0 Å². The van der Waals surface area contributed by atoms with Crippen molar-refractivity contribution in [2.75, 3.05) is 19.8 Å². The van der Waals surface area contributed by atoms with E-state index in [1.165, 1.54) is 12.1 Å². The average molecular weight is 413 g/mol. The van der Waals surface area contributed by atoms with Gasteiger partial charge in [0.25, 0.3) is 0 Å². The molecule has 0 saturated heterocycles. The minimum atomic E-state index is -3.65. The zero-order chi connectivity index (χ0) is 19.9. The third-order valence-electron chi connectivity index (χ3n) is 3.87. The molecule has 0 aliphatic rings. The summed E-state index contributed by atoms with van der Waals surface area (Å²) in [5.41, 5.74) is 1.94. The highest BCUT2D eigenvalue weighted by molar-refractivity contribution is 7.89. The summed E-state index contributed by atoms with van der Waals surface area (Å²) in [5, 5.41) is 9.05. The molecule has 0 atom stereocenters. The number of hydrogen-bond donors (Lipinski definition) is 2. The number of rotatable bonds is 10. The van der Waals surface area contributed by atoms with E-state index in [1.54, 1.807) is 18.2 Å². The summed E-state index contributed by atoms with van der Waals surface area (Å²) in [5.74, 6) is 1.32. The first-order chi connectivity index (χ1) is 12.8. The highest BCUT2D eigenvalue weighted by Gasteiger charge is 2.11. The highest BCUT2D eigenvalue weighted by atomic mass is 35.5. The Balaban J connectivity index is 1.93. The van der Waals surface area contributed by atoms with Crippen molar-refractivity contribution in [2.45, 2.75) is 31.7 Å². The summed E-state index contributed by atoms with van der Waals surface area (Å²) in [6.45, 7) is 6.21. The van der Waals surface area contributed by atoms with Crippen molar-refractivity contribution >= 4 is 21.6 Å². The van der Waals surface area contributed by atoms with Gasteiger partial charge in [-0.25, -0.2) is 13.6 Å².